The number of carbonyl (C=O) groups is 3. The van der Waals surface area contributed by atoms with Gasteiger partial charge in [-0.2, -0.15) is 0 Å². The summed E-state index contributed by atoms with van der Waals surface area (Å²) >= 11 is 0. The molecule has 1 saturated heterocycles. The van der Waals surface area contributed by atoms with Crippen molar-refractivity contribution in [1.82, 2.24) is 10.4 Å². The number of hydrazine groups is 1. The van der Waals surface area contributed by atoms with E-state index in [0.29, 0.717) is 0 Å². The standard InChI is InChI=1S/C6H8N2O4/c1-8-5(10)4(9)3(7-8)6(11)12-2/h3,7H,1-2H3. The number of likely N-dealkylation sites (N-methyl/N-ethyl adjacent to an activating group) is 1. The van der Waals surface area contributed by atoms with Crippen molar-refractivity contribution < 1.29 is 19.1 Å². The van der Waals surface area contributed by atoms with Crippen molar-refractivity contribution >= 4 is 17.7 Å². The van der Waals surface area contributed by atoms with E-state index < -0.39 is 23.7 Å². The van der Waals surface area contributed by atoms with Gasteiger partial charge >= 0.3 is 11.9 Å². The van der Waals surface area contributed by atoms with E-state index in [4.69, 9.17) is 0 Å². The Morgan fingerprint density at radius 1 is 1.58 bits per heavy atom. The smallest absolute Gasteiger partial charge is 0.333 e. The summed E-state index contributed by atoms with van der Waals surface area (Å²) < 4.78 is 4.30. The maximum absolute atomic E-state index is 11.0. The molecule has 0 spiro atoms. The van der Waals surface area contributed by atoms with E-state index in [9.17, 15) is 14.4 Å². The summed E-state index contributed by atoms with van der Waals surface area (Å²) in [6, 6.07) is -1.17. The minimum atomic E-state index is -1.17. The van der Waals surface area contributed by atoms with Crippen LogP contribution in [0.4, 0.5) is 0 Å². The number of amides is 1. The third-order valence-electron chi connectivity index (χ3n) is 1.54. The second-order valence-corrected chi connectivity index (χ2v) is 2.31. The van der Waals surface area contributed by atoms with Crippen LogP contribution >= 0.6 is 0 Å². The topological polar surface area (TPSA) is 75.7 Å². The maximum Gasteiger partial charge on any atom is 0.333 e. The molecule has 1 unspecified atom stereocenters. The Morgan fingerprint density at radius 3 is 2.50 bits per heavy atom. The number of rotatable bonds is 1. The van der Waals surface area contributed by atoms with Crippen molar-refractivity contribution in [2.24, 2.45) is 0 Å². The number of methoxy groups -OCH3 is 1. The van der Waals surface area contributed by atoms with Crippen LogP contribution in [-0.2, 0) is 19.1 Å². The van der Waals surface area contributed by atoms with E-state index in [1.165, 1.54) is 7.05 Å². The van der Waals surface area contributed by atoms with Gasteiger partial charge in [-0.15, -0.1) is 0 Å². The van der Waals surface area contributed by atoms with Crippen LogP contribution in [-0.4, -0.2) is 42.9 Å². The summed E-state index contributed by atoms with van der Waals surface area (Å²) in [7, 11) is 2.52. The second-order valence-electron chi connectivity index (χ2n) is 2.31. The highest BCUT2D eigenvalue weighted by Gasteiger charge is 2.41. The molecule has 1 rings (SSSR count). The molecule has 0 radical (unpaired) electrons. The number of ether oxygens (including phenoxy) is 1. The number of Topliss-reactive ketones (excluding diaryl/α,β-unsaturated/α-hetero) is 1. The molecule has 66 valence electrons. The van der Waals surface area contributed by atoms with Crippen molar-refractivity contribution in [3.8, 4) is 0 Å². The molecule has 6 heteroatoms. The lowest BCUT2D eigenvalue weighted by molar-refractivity contribution is -0.147. The number of nitrogens with zero attached hydrogens (tertiary/aromatic N) is 1. The van der Waals surface area contributed by atoms with E-state index in [0.717, 1.165) is 12.1 Å². The van der Waals surface area contributed by atoms with Crippen LogP contribution in [0.1, 0.15) is 0 Å². The summed E-state index contributed by atoms with van der Waals surface area (Å²) in [5.41, 5.74) is 2.36. The normalized spacial score (nSPS) is 23.2. The zero-order valence-corrected chi connectivity index (χ0v) is 6.66. The fraction of sp³-hybridized carbons (Fsp3) is 0.500. The summed E-state index contributed by atoms with van der Waals surface area (Å²) in [5, 5.41) is 0.962. The van der Waals surface area contributed by atoms with Gasteiger partial charge in [0.15, 0.2) is 6.04 Å². The van der Waals surface area contributed by atoms with Crippen LogP contribution in [0, 0.1) is 0 Å². The highest BCUT2D eigenvalue weighted by atomic mass is 16.5. The molecule has 1 amide bonds. The first-order valence-electron chi connectivity index (χ1n) is 3.24. The lowest BCUT2D eigenvalue weighted by Crippen LogP contribution is -2.40. The lowest BCUT2D eigenvalue weighted by Gasteiger charge is -2.08. The zero-order chi connectivity index (χ0) is 9.30. The first-order chi connectivity index (χ1) is 5.57. The van der Waals surface area contributed by atoms with Gasteiger partial charge in [0.2, 0.25) is 0 Å². The monoisotopic (exact) mass is 172 g/mol. The van der Waals surface area contributed by atoms with Gasteiger partial charge in [-0.25, -0.2) is 10.2 Å². The fourth-order valence-corrected chi connectivity index (χ4v) is 0.877. The van der Waals surface area contributed by atoms with Crippen molar-refractivity contribution in [1.29, 1.82) is 0 Å². The van der Waals surface area contributed by atoms with Crippen LogP contribution < -0.4 is 5.43 Å². The van der Waals surface area contributed by atoms with Gasteiger partial charge in [-0.3, -0.25) is 14.6 Å². The Bertz CT molecular complexity index is 250. The van der Waals surface area contributed by atoms with Gasteiger partial charge in [0.1, 0.15) is 0 Å². The second kappa shape index (κ2) is 2.90. The van der Waals surface area contributed by atoms with Gasteiger partial charge in [-0.1, -0.05) is 0 Å². The van der Waals surface area contributed by atoms with Crippen molar-refractivity contribution in [3.63, 3.8) is 0 Å². The van der Waals surface area contributed by atoms with Crippen LogP contribution in [0.25, 0.3) is 0 Å². The molecular weight excluding hydrogens is 164 g/mol. The Labute approximate surface area is 68.4 Å². The molecule has 0 aromatic heterocycles. The number of esters is 1. The lowest BCUT2D eigenvalue weighted by atomic mass is 10.2. The quantitative estimate of drug-likeness (QED) is 0.283. The van der Waals surface area contributed by atoms with E-state index >= 15 is 0 Å². The SMILES string of the molecule is COC(=O)C1NN(C)C(=O)C1=O. The van der Waals surface area contributed by atoms with Crippen LogP contribution in [0.2, 0.25) is 0 Å². The predicted molar refractivity (Wildman–Crippen MR) is 36.7 cm³/mol. The number of hydrogen-bond donors (Lipinski definition) is 1. The Kier molecular flexibility index (Phi) is 2.09. The average molecular weight is 172 g/mol. The van der Waals surface area contributed by atoms with E-state index in [-0.39, 0.29) is 0 Å². The van der Waals surface area contributed by atoms with Gasteiger partial charge in [-0.05, 0) is 0 Å². The molecule has 1 heterocycles. The third kappa shape index (κ3) is 1.16. The minimum Gasteiger partial charge on any atom is -0.467 e. The molecule has 1 aliphatic heterocycles. The summed E-state index contributed by atoms with van der Waals surface area (Å²) in [6.07, 6.45) is 0. The molecule has 0 aliphatic carbocycles. The largest absolute Gasteiger partial charge is 0.467 e. The molecule has 12 heavy (non-hydrogen) atoms. The number of nitrogens with one attached hydrogen (secondary N) is 1. The Morgan fingerprint density at radius 2 is 2.17 bits per heavy atom. The number of ketones is 1. The number of hydrogen-bond acceptors (Lipinski definition) is 5. The highest BCUT2D eigenvalue weighted by Crippen LogP contribution is 2.02. The molecule has 1 aliphatic rings. The van der Waals surface area contributed by atoms with Crippen molar-refractivity contribution in [2.75, 3.05) is 14.2 Å². The van der Waals surface area contributed by atoms with E-state index in [1.807, 2.05) is 0 Å². The molecule has 1 atom stereocenters. The first kappa shape index (κ1) is 8.66. The van der Waals surface area contributed by atoms with Crippen molar-refractivity contribution in [2.45, 2.75) is 6.04 Å². The van der Waals surface area contributed by atoms with Gasteiger partial charge in [0, 0.05) is 7.05 Å². The van der Waals surface area contributed by atoms with Gasteiger partial charge < -0.3 is 4.74 Å². The average Bonchev–Trinajstić information content (AvgIpc) is 2.32. The predicted octanol–water partition coefficient (Wildman–Crippen LogP) is -1.93. The van der Waals surface area contributed by atoms with E-state index in [1.54, 1.807) is 0 Å². The zero-order valence-electron chi connectivity index (χ0n) is 6.66. The fourth-order valence-electron chi connectivity index (χ4n) is 0.877. The highest BCUT2D eigenvalue weighted by molar-refractivity contribution is 6.43. The molecule has 0 aromatic carbocycles. The molecule has 6 nitrogen and oxygen atoms in total. The van der Waals surface area contributed by atoms with Crippen LogP contribution in [0.15, 0.2) is 0 Å². The summed E-state index contributed by atoms with van der Waals surface area (Å²) in [4.78, 5) is 32.6. The Hall–Kier alpha value is -1.43. The number of carbonyl (C=O) groups excluding carboxylic acids is 3. The third-order valence-corrected chi connectivity index (χ3v) is 1.54. The Balaban J connectivity index is 2.78. The van der Waals surface area contributed by atoms with Crippen LogP contribution in [0.5, 0.6) is 0 Å². The molecular formula is C6H8N2O4. The molecule has 0 aromatic rings. The molecule has 1 N–H and O–H groups in total. The van der Waals surface area contributed by atoms with Crippen LogP contribution in [0.3, 0.4) is 0 Å². The maximum atomic E-state index is 11.0. The minimum absolute atomic E-state index is 0.731. The van der Waals surface area contributed by atoms with Gasteiger partial charge in [0.05, 0.1) is 7.11 Å². The van der Waals surface area contributed by atoms with Gasteiger partial charge in [0.25, 0.3) is 5.78 Å². The summed E-state index contributed by atoms with van der Waals surface area (Å²) in [5.74, 6) is -2.27. The summed E-state index contributed by atoms with van der Waals surface area (Å²) in [6.45, 7) is 0. The molecule has 0 saturated carbocycles. The van der Waals surface area contributed by atoms with E-state index in [2.05, 4.69) is 10.2 Å². The van der Waals surface area contributed by atoms with Crippen molar-refractivity contribution in [3.05, 3.63) is 0 Å². The molecule has 0 bridgehead atoms. The first-order valence-corrected chi connectivity index (χ1v) is 3.24. The molecule has 1 fully saturated rings.